The second-order valence-electron chi connectivity index (χ2n) is 3.47. The average molecular weight is 187 g/mol. The second kappa shape index (κ2) is 3.29. The van der Waals surface area contributed by atoms with Crippen LogP contribution in [-0.2, 0) is 6.42 Å². The predicted molar refractivity (Wildman–Crippen MR) is 57.7 cm³/mol. The number of aromatic nitrogens is 1. The average Bonchev–Trinajstić information content (AvgIpc) is 2.59. The molecule has 2 nitrogen and oxygen atoms in total. The molecule has 0 atom stereocenters. The Hall–Kier alpha value is -1.57. The minimum Gasteiger partial charge on any atom is -0.358 e. The predicted octanol–water partition coefficient (Wildman–Crippen LogP) is 2.93. The summed E-state index contributed by atoms with van der Waals surface area (Å²) in [4.78, 5) is 14.6. The standard InChI is InChI=1S/C12H13NO/c1-3-9-7-11-10(8(2)14)5-4-6-12(11)13-9/h4-7,13H,3H2,1-2H3. The number of H-pyrrole nitrogens is 1. The van der Waals surface area contributed by atoms with Gasteiger partial charge in [-0.15, -0.1) is 0 Å². The molecule has 0 saturated heterocycles. The van der Waals surface area contributed by atoms with E-state index in [-0.39, 0.29) is 5.78 Å². The Balaban J connectivity index is 2.73. The van der Waals surface area contributed by atoms with Crippen LogP contribution in [0.25, 0.3) is 10.9 Å². The fraction of sp³-hybridized carbons (Fsp3) is 0.250. The topological polar surface area (TPSA) is 32.9 Å². The van der Waals surface area contributed by atoms with Crippen molar-refractivity contribution in [2.24, 2.45) is 0 Å². The molecule has 1 heterocycles. The van der Waals surface area contributed by atoms with Crippen molar-refractivity contribution in [2.45, 2.75) is 20.3 Å². The van der Waals surface area contributed by atoms with E-state index in [1.165, 1.54) is 5.69 Å². The number of hydrogen-bond acceptors (Lipinski definition) is 1. The highest BCUT2D eigenvalue weighted by Gasteiger charge is 2.07. The number of Topliss-reactive ketones (excluding diaryl/α,β-unsaturated/α-hetero) is 1. The van der Waals surface area contributed by atoms with Gasteiger partial charge in [0.25, 0.3) is 0 Å². The number of carbonyl (C=O) groups is 1. The molecule has 1 aromatic heterocycles. The second-order valence-corrected chi connectivity index (χ2v) is 3.47. The largest absolute Gasteiger partial charge is 0.358 e. The van der Waals surface area contributed by atoms with Crippen molar-refractivity contribution in [3.8, 4) is 0 Å². The van der Waals surface area contributed by atoms with Gasteiger partial charge < -0.3 is 4.98 Å². The van der Waals surface area contributed by atoms with E-state index in [1.807, 2.05) is 18.2 Å². The third-order valence-electron chi connectivity index (χ3n) is 2.48. The lowest BCUT2D eigenvalue weighted by atomic mass is 10.1. The number of ketones is 1. The Morgan fingerprint density at radius 2 is 2.21 bits per heavy atom. The molecule has 1 aromatic carbocycles. The van der Waals surface area contributed by atoms with Gasteiger partial charge in [-0.1, -0.05) is 19.1 Å². The van der Waals surface area contributed by atoms with Gasteiger partial charge in [0.2, 0.25) is 0 Å². The molecule has 2 rings (SSSR count). The SMILES string of the molecule is CCc1cc2c(C(C)=O)cccc2[nH]1. The van der Waals surface area contributed by atoms with Gasteiger partial charge in [-0.3, -0.25) is 4.79 Å². The zero-order valence-corrected chi connectivity index (χ0v) is 8.42. The first-order valence-corrected chi connectivity index (χ1v) is 4.84. The van der Waals surface area contributed by atoms with Crippen molar-refractivity contribution in [1.29, 1.82) is 0 Å². The molecule has 0 spiro atoms. The molecule has 0 aliphatic rings. The molecular weight excluding hydrogens is 174 g/mol. The molecule has 14 heavy (non-hydrogen) atoms. The lowest BCUT2D eigenvalue weighted by Crippen LogP contribution is -1.91. The minimum absolute atomic E-state index is 0.122. The van der Waals surface area contributed by atoms with Crippen LogP contribution in [0.3, 0.4) is 0 Å². The molecule has 72 valence electrons. The molecule has 0 bridgehead atoms. The molecule has 0 fully saturated rings. The Kier molecular flexibility index (Phi) is 2.12. The van der Waals surface area contributed by atoms with E-state index in [4.69, 9.17) is 0 Å². The van der Waals surface area contributed by atoms with E-state index in [1.54, 1.807) is 6.92 Å². The zero-order valence-electron chi connectivity index (χ0n) is 8.42. The first kappa shape index (κ1) is 9.00. The Morgan fingerprint density at radius 1 is 1.43 bits per heavy atom. The number of aryl methyl sites for hydroxylation is 1. The lowest BCUT2D eigenvalue weighted by Gasteiger charge is -1.96. The molecule has 0 saturated carbocycles. The molecule has 2 aromatic rings. The highest BCUT2D eigenvalue weighted by molar-refractivity contribution is 6.06. The molecule has 0 amide bonds. The normalized spacial score (nSPS) is 10.7. The lowest BCUT2D eigenvalue weighted by molar-refractivity contribution is 0.101. The Morgan fingerprint density at radius 3 is 2.86 bits per heavy atom. The molecule has 0 unspecified atom stereocenters. The first-order valence-electron chi connectivity index (χ1n) is 4.84. The summed E-state index contributed by atoms with van der Waals surface area (Å²) in [5.41, 5.74) is 3.03. The fourth-order valence-corrected chi connectivity index (χ4v) is 1.71. The van der Waals surface area contributed by atoms with E-state index >= 15 is 0 Å². The molecule has 0 radical (unpaired) electrons. The maximum Gasteiger partial charge on any atom is 0.160 e. The van der Waals surface area contributed by atoms with E-state index in [2.05, 4.69) is 18.0 Å². The van der Waals surface area contributed by atoms with Crippen molar-refractivity contribution in [3.05, 3.63) is 35.5 Å². The van der Waals surface area contributed by atoms with Crippen LogP contribution in [0, 0.1) is 0 Å². The number of hydrogen-bond donors (Lipinski definition) is 1. The molecular formula is C12H13NO. The summed E-state index contributed by atoms with van der Waals surface area (Å²) >= 11 is 0. The van der Waals surface area contributed by atoms with Crippen molar-refractivity contribution in [1.82, 2.24) is 4.98 Å². The first-order chi connectivity index (χ1) is 6.72. The van der Waals surface area contributed by atoms with Crippen molar-refractivity contribution in [2.75, 3.05) is 0 Å². The quantitative estimate of drug-likeness (QED) is 0.720. The molecule has 0 aliphatic carbocycles. The number of fused-ring (bicyclic) bond motifs is 1. The summed E-state index contributed by atoms with van der Waals surface area (Å²) in [7, 11) is 0. The Labute approximate surface area is 82.9 Å². The van der Waals surface area contributed by atoms with Gasteiger partial charge in [-0.2, -0.15) is 0 Å². The number of nitrogens with one attached hydrogen (secondary N) is 1. The highest BCUT2D eigenvalue weighted by atomic mass is 16.1. The minimum atomic E-state index is 0.122. The van der Waals surface area contributed by atoms with Crippen molar-refractivity contribution >= 4 is 16.7 Å². The van der Waals surface area contributed by atoms with Crippen molar-refractivity contribution < 1.29 is 4.79 Å². The zero-order chi connectivity index (χ0) is 10.1. The number of carbonyl (C=O) groups excluding carboxylic acids is 1. The van der Waals surface area contributed by atoms with Crippen LogP contribution in [0.5, 0.6) is 0 Å². The van der Waals surface area contributed by atoms with E-state index in [0.29, 0.717) is 0 Å². The number of benzene rings is 1. The van der Waals surface area contributed by atoms with Crippen molar-refractivity contribution in [3.63, 3.8) is 0 Å². The van der Waals surface area contributed by atoms with Gasteiger partial charge in [-0.05, 0) is 25.5 Å². The van der Waals surface area contributed by atoms with Gasteiger partial charge >= 0.3 is 0 Å². The fourth-order valence-electron chi connectivity index (χ4n) is 1.71. The van der Waals surface area contributed by atoms with Crippen LogP contribution in [0.15, 0.2) is 24.3 Å². The summed E-state index contributed by atoms with van der Waals surface area (Å²) in [5.74, 6) is 0.122. The third kappa shape index (κ3) is 1.33. The number of aromatic amines is 1. The molecule has 2 heteroatoms. The Bertz CT molecular complexity index is 482. The molecule has 1 N–H and O–H groups in total. The van der Waals surface area contributed by atoms with Crippen LogP contribution in [0.2, 0.25) is 0 Å². The van der Waals surface area contributed by atoms with Crippen LogP contribution in [0.4, 0.5) is 0 Å². The van der Waals surface area contributed by atoms with E-state index in [9.17, 15) is 4.79 Å². The maximum atomic E-state index is 11.3. The van der Waals surface area contributed by atoms with Crippen LogP contribution in [0.1, 0.15) is 29.9 Å². The van der Waals surface area contributed by atoms with Crippen LogP contribution in [-0.4, -0.2) is 10.8 Å². The summed E-state index contributed by atoms with van der Waals surface area (Å²) in [6, 6.07) is 7.85. The van der Waals surface area contributed by atoms with Crippen LogP contribution >= 0.6 is 0 Å². The summed E-state index contributed by atoms with van der Waals surface area (Å²) in [5, 5.41) is 1.04. The van der Waals surface area contributed by atoms with Gasteiger partial charge in [0.05, 0.1) is 0 Å². The van der Waals surface area contributed by atoms with Gasteiger partial charge in [-0.25, -0.2) is 0 Å². The number of rotatable bonds is 2. The molecule has 0 aliphatic heterocycles. The van der Waals surface area contributed by atoms with E-state index in [0.717, 1.165) is 22.9 Å². The van der Waals surface area contributed by atoms with Gasteiger partial charge in [0.1, 0.15) is 0 Å². The third-order valence-corrected chi connectivity index (χ3v) is 2.48. The monoisotopic (exact) mass is 187 g/mol. The summed E-state index contributed by atoms with van der Waals surface area (Å²) in [6.07, 6.45) is 0.964. The summed E-state index contributed by atoms with van der Waals surface area (Å²) < 4.78 is 0. The van der Waals surface area contributed by atoms with E-state index < -0.39 is 0 Å². The maximum absolute atomic E-state index is 11.3. The smallest absolute Gasteiger partial charge is 0.160 e. The van der Waals surface area contributed by atoms with Crippen LogP contribution < -0.4 is 0 Å². The highest BCUT2D eigenvalue weighted by Crippen LogP contribution is 2.20. The summed E-state index contributed by atoms with van der Waals surface area (Å²) in [6.45, 7) is 3.70. The van der Waals surface area contributed by atoms with Gasteiger partial charge in [0.15, 0.2) is 5.78 Å². The van der Waals surface area contributed by atoms with Gasteiger partial charge in [0, 0.05) is 22.2 Å².